The van der Waals surface area contributed by atoms with Crippen LogP contribution < -0.4 is 5.32 Å². The van der Waals surface area contributed by atoms with Gasteiger partial charge in [-0.3, -0.25) is 9.78 Å². The SMILES string of the molecule is CN1CCC(C(=O)NCc2cccnc2)CC1. The van der Waals surface area contributed by atoms with Gasteiger partial charge in [-0.25, -0.2) is 0 Å². The van der Waals surface area contributed by atoms with E-state index in [4.69, 9.17) is 0 Å². The summed E-state index contributed by atoms with van der Waals surface area (Å²) in [6, 6.07) is 3.86. The smallest absolute Gasteiger partial charge is 0.223 e. The summed E-state index contributed by atoms with van der Waals surface area (Å²) in [6.07, 6.45) is 5.46. The number of carbonyl (C=O) groups excluding carboxylic acids is 1. The fourth-order valence-corrected chi connectivity index (χ4v) is 2.11. The van der Waals surface area contributed by atoms with Gasteiger partial charge < -0.3 is 10.2 Å². The number of aromatic nitrogens is 1. The van der Waals surface area contributed by atoms with Crippen molar-refractivity contribution in [1.82, 2.24) is 15.2 Å². The van der Waals surface area contributed by atoms with Crippen molar-refractivity contribution in [3.8, 4) is 0 Å². The quantitative estimate of drug-likeness (QED) is 0.848. The Morgan fingerprint density at radius 1 is 1.53 bits per heavy atom. The first kappa shape index (κ1) is 12.0. The molecule has 2 heterocycles. The molecule has 1 aliphatic heterocycles. The Kier molecular flexibility index (Phi) is 4.09. The Bertz CT molecular complexity index is 358. The van der Waals surface area contributed by atoms with Crippen LogP contribution in [-0.2, 0) is 11.3 Å². The van der Waals surface area contributed by atoms with Gasteiger partial charge in [0.25, 0.3) is 0 Å². The van der Waals surface area contributed by atoms with Gasteiger partial charge in [-0.05, 0) is 44.6 Å². The highest BCUT2D eigenvalue weighted by molar-refractivity contribution is 5.78. The van der Waals surface area contributed by atoms with Gasteiger partial charge in [0.15, 0.2) is 0 Å². The fourth-order valence-electron chi connectivity index (χ4n) is 2.11. The molecule has 1 aromatic heterocycles. The van der Waals surface area contributed by atoms with Crippen molar-refractivity contribution in [2.24, 2.45) is 5.92 Å². The maximum atomic E-state index is 11.9. The van der Waals surface area contributed by atoms with E-state index in [1.54, 1.807) is 12.4 Å². The summed E-state index contributed by atoms with van der Waals surface area (Å²) in [5, 5.41) is 2.99. The van der Waals surface area contributed by atoms with Crippen LogP contribution in [-0.4, -0.2) is 35.9 Å². The molecule has 1 N–H and O–H groups in total. The monoisotopic (exact) mass is 233 g/mol. The highest BCUT2D eigenvalue weighted by Gasteiger charge is 2.22. The molecular weight excluding hydrogens is 214 g/mol. The van der Waals surface area contributed by atoms with Gasteiger partial charge in [-0.15, -0.1) is 0 Å². The predicted molar refractivity (Wildman–Crippen MR) is 66.3 cm³/mol. The van der Waals surface area contributed by atoms with Crippen LogP contribution in [0.3, 0.4) is 0 Å². The first-order valence-electron chi connectivity index (χ1n) is 6.11. The highest BCUT2D eigenvalue weighted by atomic mass is 16.1. The lowest BCUT2D eigenvalue weighted by atomic mass is 9.96. The van der Waals surface area contributed by atoms with Crippen LogP contribution in [0.2, 0.25) is 0 Å². The molecule has 4 nitrogen and oxygen atoms in total. The van der Waals surface area contributed by atoms with Crippen molar-refractivity contribution < 1.29 is 4.79 Å². The zero-order chi connectivity index (χ0) is 12.1. The molecule has 1 aliphatic rings. The van der Waals surface area contributed by atoms with E-state index >= 15 is 0 Å². The Hall–Kier alpha value is -1.42. The van der Waals surface area contributed by atoms with Crippen molar-refractivity contribution in [1.29, 1.82) is 0 Å². The largest absolute Gasteiger partial charge is 0.352 e. The molecule has 1 aromatic rings. The van der Waals surface area contributed by atoms with Crippen LogP contribution in [0.5, 0.6) is 0 Å². The second kappa shape index (κ2) is 5.77. The number of pyridine rings is 1. The van der Waals surface area contributed by atoms with Crippen molar-refractivity contribution >= 4 is 5.91 Å². The minimum atomic E-state index is 0.182. The number of nitrogens with zero attached hydrogens (tertiary/aromatic N) is 2. The summed E-state index contributed by atoms with van der Waals surface area (Å²) in [7, 11) is 2.10. The fraction of sp³-hybridized carbons (Fsp3) is 0.538. The molecular formula is C13H19N3O. The zero-order valence-corrected chi connectivity index (χ0v) is 10.2. The molecule has 0 radical (unpaired) electrons. The summed E-state index contributed by atoms with van der Waals surface area (Å²) in [6.45, 7) is 2.62. The Balaban J connectivity index is 1.78. The topological polar surface area (TPSA) is 45.2 Å². The molecule has 4 heteroatoms. The van der Waals surface area contributed by atoms with Gasteiger partial charge in [0.2, 0.25) is 5.91 Å². The molecule has 92 valence electrons. The molecule has 0 aliphatic carbocycles. The van der Waals surface area contributed by atoms with Gasteiger partial charge in [-0.1, -0.05) is 6.07 Å². The molecule has 0 bridgehead atoms. The van der Waals surface area contributed by atoms with Crippen LogP contribution in [0, 0.1) is 5.92 Å². The summed E-state index contributed by atoms with van der Waals surface area (Å²) in [4.78, 5) is 18.2. The first-order chi connectivity index (χ1) is 8.25. The number of hydrogen-bond acceptors (Lipinski definition) is 3. The third-order valence-corrected chi connectivity index (χ3v) is 3.28. The number of carbonyl (C=O) groups is 1. The molecule has 0 spiro atoms. The van der Waals surface area contributed by atoms with E-state index in [9.17, 15) is 4.79 Å². The molecule has 0 saturated carbocycles. The van der Waals surface area contributed by atoms with E-state index in [1.165, 1.54) is 0 Å². The average molecular weight is 233 g/mol. The van der Waals surface area contributed by atoms with Gasteiger partial charge in [-0.2, -0.15) is 0 Å². The lowest BCUT2D eigenvalue weighted by molar-refractivity contribution is -0.126. The van der Waals surface area contributed by atoms with E-state index in [1.807, 2.05) is 12.1 Å². The van der Waals surface area contributed by atoms with E-state index in [2.05, 4.69) is 22.2 Å². The number of piperidine rings is 1. The van der Waals surface area contributed by atoms with Crippen LogP contribution in [0.4, 0.5) is 0 Å². The molecule has 1 fully saturated rings. The third kappa shape index (κ3) is 3.53. The zero-order valence-electron chi connectivity index (χ0n) is 10.2. The maximum Gasteiger partial charge on any atom is 0.223 e. The number of hydrogen-bond donors (Lipinski definition) is 1. The summed E-state index contributed by atoms with van der Waals surface area (Å²) >= 11 is 0. The predicted octanol–water partition coefficient (Wildman–Crippen LogP) is 1.04. The van der Waals surface area contributed by atoms with Gasteiger partial charge in [0.1, 0.15) is 0 Å². The van der Waals surface area contributed by atoms with Crippen LogP contribution in [0.15, 0.2) is 24.5 Å². The van der Waals surface area contributed by atoms with Crippen molar-refractivity contribution in [3.05, 3.63) is 30.1 Å². The van der Waals surface area contributed by atoms with Crippen molar-refractivity contribution in [2.75, 3.05) is 20.1 Å². The van der Waals surface area contributed by atoms with Crippen LogP contribution in [0.1, 0.15) is 18.4 Å². The Morgan fingerprint density at radius 2 is 2.29 bits per heavy atom. The summed E-state index contributed by atoms with van der Waals surface area (Å²) in [5.74, 6) is 0.366. The van der Waals surface area contributed by atoms with Crippen LogP contribution >= 0.6 is 0 Å². The van der Waals surface area contributed by atoms with E-state index in [0.29, 0.717) is 6.54 Å². The molecule has 0 atom stereocenters. The normalized spacial score (nSPS) is 17.9. The van der Waals surface area contributed by atoms with Gasteiger partial charge in [0, 0.05) is 24.9 Å². The Labute approximate surface area is 102 Å². The number of amides is 1. The first-order valence-corrected chi connectivity index (χ1v) is 6.11. The number of likely N-dealkylation sites (tertiary alicyclic amines) is 1. The van der Waals surface area contributed by atoms with E-state index < -0.39 is 0 Å². The molecule has 1 amide bonds. The highest BCUT2D eigenvalue weighted by Crippen LogP contribution is 2.15. The van der Waals surface area contributed by atoms with Crippen LogP contribution in [0.25, 0.3) is 0 Å². The summed E-state index contributed by atoms with van der Waals surface area (Å²) < 4.78 is 0. The van der Waals surface area contributed by atoms with E-state index in [-0.39, 0.29) is 11.8 Å². The van der Waals surface area contributed by atoms with Crippen molar-refractivity contribution in [2.45, 2.75) is 19.4 Å². The molecule has 1 saturated heterocycles. The lowest BCUT2D eigenvalue weighted by Crippen LogP contribution is -2.38. The van der Waals surface area contributed by atoms with Crippen molar-refractivity contribution in [3.63, 3.8) is 0 Å². The second-order valence-electron chi connectivity index (χ2n) is 4.66. The van der Waals surface area contributed by atoms with E-state index in [0.717, 1.165) is 31.5 Å². The average Bonchev–Trinajstić information content (AvgIpc) is 2.38. The second-order valence-corrected chi connectivity index (χ2v) is 4.66. The van der Waals surface area contributed by atoms with Gasteiger partial charge in [0.05, 0.1) is 0 Å². The molecule has 0 aromatic carbocycles. The maximum absolute atomic E-state index is 11.9. The lowest BCUT2D eigenvalue weighted by Gasteiger charge is -2.28. The molecule has 2 rings (SSSR count). The number of rotatable bonds is 3. The minimum absolute atomic E-state index is 0.182. The minimum Gasteiger partial charge on any atom is -0.352 e. The third-order valence-electron chi connectivity index (χ3n) is 3.28. The summed E-state index contributed by atoms with van der Waals surface area (Å²) in [5.41, 5.74) is 1.05. The molecule has 0 unspecified atom stereocenters. The standard InChI is InChI=1S/C13H19N3O/c1-16-7-4-12(5-8-16)13(17)15-10-11-3-2-6-14-9-11/h2-3,6,9,12H,4-5,7-8,10H2,1H3,(H,15,17). The number of nitrogens with one attached hydrogen (secondary N) is 1. The van der Waals surface area contributed by atoms with Gasteiger partial charge >= 0.3 is 0 Å². The Morgan fingerprint density at radius 3 is 2.94 bits per heavy atom. The molecule has 17 heavy (non-hydrogen) atoms.